The molecule has 1 saturated heterocycles. The number of carbonyl (C=O) groups is 1. The van der Waals surface area contributed by atoms with E-state index < -0.39 is 0 Å². The molecular formula is C15H19Cl2NO2. The van der Waals surface area contributed by atoms with Gasteiger partial charge in [-0.1, -0.05) is 35.3 Å². The third kappa shape index (κ3) is 3.87. The summed E-state index contributed by atoms with van der Waals surface area (Å²) in [6.07, 6.45) is 1.90. The molecule has 0 aliphatic carbocycles. The maximum absolute atomic E-state index is 11.8. The molecule has 0 radical (unpaired) electrons. The van der Waals surface area contributed by atoms with Crippen molar-refractivity contribution in [1.29, 1.82) is 0 Å². The summed E-state index contributed by atoms with van der Waals surface area (Å²) in [5.41, 5.74) is 1.00. The van der Waals surface area contributed by atoms with Crippen LogP contribution in [0.5, 0.6) is 0 Å². The Morgan fingerprint density at radius 2 is 2.25 bits per heavy atom. The van der Waals surface area contributed by atoms with Crippen LogP contribution in [0.2, 0.25) is 10.0 Å². The minimum absolute atomic E-state index is 0.0262. The van der Waals surface area contributed by atoms with Crippen LogP contribution in [0.4, 0.5) is 0 Å². The summed E-state index contributed by atoms with van der Waals surface area (Å²) in [6, 6.07) is 5.66. The zero-order chi connectivity index (χ0) is 14.5. The lowest BCUT2D eigenvalue weighted by Crippen LogP contribution is -2.39. The number of nitrogens with zero attached hydrogens (tertiary/aromatic N) is 1. The standard InChI is InChI=1S/C15H19Cl2NO2/c1-2-20-15(19)12-6-4-8-18(10-12)9-11-5-3-7-13(16)14(11)17/h3,5,7,12H,2,4,6,8-10H2,1H3. The summed E-state index contributed by atoms with van der Waals surface area (Å²) in [4.78, 5) is 14.1. The van der Waals surface area contributed by atoms with Crippen molar-refractivity contribution in [2.45, 2.75) is 26.3 Å². The Hall–Kier alpha value is -0.770. The van der Waals surface area contributed by atoms with Gasteiger partial charge in [0.05, 0.1) is 22.6 Å². The molecule has 0 spiro atoms. The van der Waals surface area contributed by atoms with Crippen LogP contribution in [0.15, 0.2) is 18.2 Å². The molecule has 0 saturated carbocycles. The van der Waals surface area contributed by atoms with E-state index in [-0.39, 0.29) is 11.9 Å². The van der Waals surface area contributed by atoms with E-state index in [4.69, 9.17) is 27.9 Å². The van der Waals surface area contributed by atoms with Gasteiger partial charge in [-0.05, 0) is 37.9 Å². The van der Waals surface area contributed by atoms with Gasteiger partial charge in [0.25, 0.3) is 0 Å². The Balaban J connectivity index is 1.99. The number of likely N-dealkylation sites (tertiary alicyclic amines) is 1. The first-order valence-electron chi connectivity index (χ1n) is 6.93. The number of hydrogen-bond acceptors (Lipinski definition) is 3. The highest BCUT2D eigenvalue weighted by Crippen LogP contribution is 2.28. The van der Waals surface area contributed by atoms with Gasteiger partial charge in [-0.2, -0.15) is 0 Å². The number of piperidine rings is 1. The summed E-state index contributed by atoms with van der Waals surface area (Å²) >= 11 is 12.2. The molecule has 0 aromatic heterocycles. The third-order valence-electron chi connectivity index (χ3n) is 3.55. The maximum atomic E-state index is 11.8. The van der Waals surface area contributed by atoms with Crippen molar-refractivity contribution in [2.75, 3.05) is 19.7 Å². The largest absolute Gasteiger partial charge is 0.466 e. The predicted molar refractivity (Wildman–Crippen MR) is 81.1 cm³/mol. The van der Waals surface area contributed by atoms with E-state index in [0.29, 0.717) is 16.7 Å². The highest BCUT2D eigenvalue weighted by atomic mass is 35.5. The van der Waals surface area contributed by atoms with E-state index in [1.807, 2.05) is 19.1 Å². The fourth-order valence-electron chi connectivity index (χ4n) is 2.56. The predicted octanol–water partition coefficient (Wildman–Crippen LogP) is 3.77. The quantitative estimate of drug-likeness (QED) is 0.792. The van der Waals surface area contributed by atoms with Crippen LogP contribution in [0.1, 0.15) is 25.3 Å². The van der Waals surface area contributed by atoms with Crippen LogP contribution in [0.25, 0.3) is 0 Å². The lowest BCUT2D eigenvalue weighted by molar-refractivity contribution is -0.150. The first-order valence-corrected chi connectivity index (χ1v) is 7.69. The first kappa shape index (κ1) is 15.6. The molecule has 0 N–H and O–H groups in total. The lowest BCUT2D eigenvalue weighted by atomic mass is 9.97. The highest BCUT2D eigenvalue weighted by molar-refractivity contribution is 6.42. The number of esters is 1. The SMILES string of the molecule is CCOC(=O)C1CCCN(Cc2cccc(Cl)c2Cl)C1. The summed E-state index contributed by atoms with van der Waals surface area (Å²) in [5.74, 6) is -0.115. The van der Waals surface area contributed by atoms with Gasteiger partial charge in [-0.25, -0.2) is 0 Å². The van der Waals surface area contributed by atoms with Gasteiger partial charge in [0.1, 0.15) is 0 Å². The average Bonchev–Trinajstić information content (AvgIpc) is 2.44. The lowest BCUT2D eigenvalue weighted by Gasteiger charge is -2.31. The van der Waals surface area contributed by atoms with Crippen molar-refractivity contribution in [3.8, 4) is 0 Å². The molecule has 1 heterocycles. The maximum Gasteiger partial charge on any atom is 0.310 e. The van der Waals surface area contributed by atoms with Gasteiger partial charge >= 0.3 is 5.97 Å². The highest BCUT2D eigenvalue weighted by Gasteiger charge is 2.27. The fraction of sp³-hybridized carbons (Fsp3) is 0.533. The van der Waals surface area contributed by atoms with E-state index in [9.17, 15) is 4.79 Å². The molecule has 1 aliphatic heterocycles. The molecule has 2 rings (SSSR count). The van der Waals surface area contributed by atoms with Crippen molar-refractivity contribution in [2.24, 2.45) is 5.92 Å². The molecular weight excluding hydrogens is 297 g/mol. The molecule has 1 unspecified atom stereocenters. The second-order valence-electron chi connectivity index (χ2n) is 5.04. The van der Waals surface area contributed by atoms with Crippen molar-refractivity contribution in [1.82, 2.24) is 4.90 Å². The minimum atomic E-state index is -0.0885. The van der Waals surface area contributed by atoms with Gasteiger partial charge in [0.2, 0.25) is 0 Å². The molecule has 110 valence electrons. The Morgan fingerprint density at radius 1 is 1.45 bits per heavy atom. The van der Waals surface area contributed by atoms with Crippen LogP contribution in [-0.4, -0.2) is 30.6 Å². The summed E-state index contributed by atoms with van der Waals surface area (Å²) < 4.78 is 5.11. The van der Waals surface area contributed by atoms with E-state index in [1.54, 1.807) is 6.07 Å². The van der Waals surface area contributed by atoms with Gasteiger partial charge in [-0.3, -0.25) is 9.69 Å². The topological polar surface area (TPSA) is 29.5 Å². The Labute approximate surface area is 129 Å². The van der Waals surface area contributed by atoms with Crippen molar-refractivity contribution >= 4 is 29.2 Å². The molecule has 1 aliphatic rings. The molecule has 1 atom stereocenters. The van der Waals surface area contributed by atoms with E-state index in [0.717, 1.165) is 38.0 Å². The molecule has 20 heavy (non-hydrogen) atoms. The molecule has 5 heteroatoms. The van der Waals surface area contributed by atoms with Crippen LogP contribution in [0.3, 0.4) is 0 Å². The number of hydrogen-bond donors (Lipinski definition) is 0. The second kappa shape index (κ2) is 7.30. The van der Waals surface area contributed by atoms with Gasteiger partial charge in [0, 0.05) is 13.1 Å². The molecule has 1 fully saturated rings. The molecule has 1 aromatic rings. The number of ether oxygens (including phenoxy) is 1. The Bertz CT molecular complexity index is 479. The molecule has 3 nitrogen and oxygen atoms in total. The van der Waals surface area contributed by atoms with Crippen LogP contribution in [0, 0.1) is 5.92 Å². The van der Waals surface area contributed by atoms with Crippen LogP contribution < -0.4 is 0 Å². The van der Waals surface area contributed by atoms with Gasteiger partial charge in [-0.15, -0.1) is 0 Å². The summed E-state index contributed by atoms with van der Waals surface area (Å²) in [7, 11) is 0. The molecule has 1 aromatic carbocycles. The Kier molecular flexibility index (Phi) is 5.70. The smallest absolute Gasteiger partial charge is 0.310 e. The second-order valence-corrected chi connectivity index (χ2v) is 5.82. The van der Waals surface area contributed by atoms with Crippen LogP contribution in [-0.2, 0) is 16.1 Å². The van der Waals surface area contributed by atoms with Gasteiger partial charge < -0.3 is 4.74 Å². The number of rotatable bonds is 4. The van der Waals surface area contributed by atoms with Crippen molar-refractivity contribution in [3.63, 3.8) is 0 Å². The number of benzene rings is 1. The zero-order valence-electron chi connectivity index (χ0n) is 11.6. The zero-order valence-corrected chi connectivity index (χ0v) is 13.1. The van der Waals surface area contributed by atoms with Crippen LogP contribution >= 0.6 is 23.2 Å². The van der Waals surface area contributed by atoms with Crippen molar-refractivity contribution in [3.05, 3.63) is 33.8 Å². The monoisotopic (exact) mass is 315 g/mol. The minimum Gasteiger partial charge on any atom is -0.466 e. The molecule has 0 amide bonds. The fourth-order valence-corrected chi connectivity index (χ4v) is 2.94. The third-order valence-corrected chi connectivity index (χ3v) is 4.41. The summed E-state index contributed by atoms with van der Waals surface area (Å²) in [5, 5.41) is 1.18. The van der Waals surface area contributed by atoms with Gasteiger partial charge in [0.15, 0.2) is 0 Å². The molecule has 0 bridgehead atoms. The van der Waals surface area contributed by atoms with E-state index in [2.05, 4.69) is 4.90 Å². The number of halogens is 2. The van der Waals surface area contributed by atoms with E-state index in [1.165, 1.54) is 0 Å². The summed E-state index contributed by atoms with van der Waals surface area (Å²) in [6.45, 7) is 4.69. The normalized spacial score (nSPS) is 19.9. The average molecular weight is 316 g/mol. The number of carbonyl (C=O) groups excluding carboxylic acids is 1. The first-order chi connectivity index (χ1) is 9.61. The van der Waals surface area contributed by atoms with Crippen molar-refractivity contribution < 1.29 is 9.53 Å². The van der Waals surface area contributed by atoms with E-state index >= 15 is 0 Å². The Morgan fingerprint density at radius 3 is 3.00 bits per heavy atom.